The van der Waals surface area contributed by atoms with Crippen molar-refractivity contribution >= 4 is 5.78 Å². The van der Waals surface area contributed by atoms with Gasteiger partial charge in [-0.3, -0.25) is 9.69 Å². The first-order valence-electron chi connectivity index (χ1n) is 5.22. The molecule has 0 saturated carbocycles. The highest BCUT2D eigenvalue weighted by Gasteiger charge is 2.30. The van der Waals surface area contributed by atoms with E-state index in [2.05, 4.69) is 4.90 Å². The first-order valence-corrected chi connectivity index (χ1v) is 5.22. The molecule has 1 fully saturated rings. The van der Waals surface area contributed by atoms with E-state index in [1.807, 2.05) is 13.8 Å². The molecular formula is C11H21NO2. The van der Waals surface area contributed by atoms with Gasteiger partial charge in [-0.15, -0.1) is 0 Å². The van der Waals surface area contributed by atoms with Gasteiger partial charge in [0.15, 0.2) is 0 Å². The van der Waals surface area contributed by atoms with Gasteiger partial charge in [0.1, 0.15) is 5.78 Å². The summed E-state index contributed by atoms with van der Waals surface area (Å²) in [5, 5.41) is 0. The van der Waals surface area contributed by atoms with E-state index < -0.39 is 0 Å². The second-order valence-electron chi connectivity index (χ2n) is 4.82. The summed E-state index contributed by atoms with van der Waals surface area (Å²) in [5.41, 5.74) is -0.220. The number of hydrogen-bond acceptors (Lipinski definition) is 3. The van der Waals surface area contributed by atoms with E-state index in [1.165, 1.54) is 0 Å². The van der Waals surface area contributed by atoms with Crippen LogP contribution in [0, 0.1) is 5.41 Å². The SMILES string of the molecule is COC1CCN(CC(C)(C)C(C)=O)C1. The monoisotopic (exact) mass is 199 g/mol. The highest BCUT2D eigenvalue weighted by molar-refractivity contribution is 5.81. The van der Waals surface area contributed by atoms with Crippen LogP contribution in [-0.4, -0.2) is 43.5 Å². The largest absolute Gasteiger partial charge is 0.380 e. The number of ketones is 1. The summed E-state index contributed by atoms with van der Waals surface area (Å²) >= 11 is 0. The van der Waals surface area contributed by atoms with E-state index in [0.29, 0.717) is 6.10 Å². The summed E-state index contributed by atoms with van der Waals surface area (Å²) in [5.74, 6) is 0.262. The minimum Gasteiger partial charge on any atom is -0.380 e. The topological polar surface area (TPSA) is 29.5 Å². The molecule has 1 rings (SSSR count). The van der Waals surface area contributed by atoms with Gasteiger partial charge in [-0.25, -0.2) is 0 Å². The van der Waals surface area contributed by atoms with Crippen molar-refractivity contribution in [1.82, 2.24) is 4.90 Å². The molecule has 1 atom stereocenters. The van der Waals surface area contributed by atoms with Gasteiger partial charge in [-0.05, 0) is 13.3 Å². The van der Waals surface area contributed by atoms with Gasteiger partial charge in [0, 0.05) is 32.2 Å². The summed E-state index contributed by atoms with van der Waals surface area (Å²) < 4.78 is 5.29. The highest BCUT2D eigenvalue weighted by Crippen LogP contribution is 2.21. The van der Waals surface area contributed by atoms with Crippen LogP contribution in [0.5, 0.6) is 0 Å². The molecule has 0 spiro atoms. The van der Waals surface area contributed by atoms with Crippen LogP contribution in [0.25, 0.3) is 0 Å². The molecule has 0 bridgehead atoms. The van der Waals surface area contributed by atoms with Crippen LogP contribution in [-0.2, 0) is 9.53 Å². The third-order valence-electron chi connectivity index (χ3n) is 3.13. The van der Waals surface area contributed by atoms with E-state index in [-0.39, 0.29) is 11.2 Å². The second kappa shape index (κ2) is 4.41. The Morgan fingerprint density at radius 2 is 2.21 bits per heavy atom. The number of Topliss-reactive ketones (excluding diaryl/α,β-unsaturated/α-hetero) is 1. The Morgan fingerprint density at radius 1 is 1.57 bits per heavy atom. The van der Waals surface area contributed by atoms with Crippen LogP contribution in [0.2, 0.25) is 0 Å². The second-order valence-corrected chi connectivity index (χ2v) is 4.82. The third-order valence-corrected chi connectivity index (χ3v) is 3.13. The number of hydrogen-bond donors (Lipinski definition) is 0. The standard InChI is InChI=1S/C11H21NO2/c1-9(13)11(2,3)8-12-6-5-10(7-12)14-4/h10H,5-8H2,1-4H3. The molecule has 82 valence electrons. The lowest BCUT2D eigenvalue weighted by molar-refractivity contribution is -0.125. The van der Waals surface area contributed by atoms with Crippen molar-refractivity contribution in [2.24, 2.45) is 5.41 Å². The van der Waals surface area contributed by atoms with Crippen molar-refractivity contribution in [3.8, 4) is 0 Å². The Morgan fingerprint density at radius 3 is 2.64 bits per heavy atom. The predicted octanol–water partition coefficient (Wildman–Crippen LogP) is 1.32. The number of nitrogens with zero attached hydrogens (tertiary/aromatic N) is 1. The van der Waals surface area contributed by atoms with Crippen LogP contribution in [0.3, 0.4) is 0 Å². The zero-order valence-corrected chi connectivity index (χ0v) is 9.67. The third kappa shape index (κ3) is 2.79. The molecule has 3 heteroatoms. The number of carbonyl (C=O) groups is 1. The number of methoxy groups -OCH3 is 1. The number of likely N-dealkylation sites (tertiary alicyclic amines) is 1. The van der Waals surface area contributed by atoms with Gasteiger partial charge in [-0.1, -0.05) is 13.8 Å². The van der Waals surface area contributed by atoms with Crippen LogP contribution in [0.4, 0.5) is 0 Å². The van der Waals surface area contributed by atoms with Gasteiger partial charge in [0.25, 0.3) is 0 Å². The van der Waals surface area contributed by atoms with Crippen molar-refractivity contribution in [1.29, 1.82) is 0 Å². The van der Waals surface area contributed by atoms with Crippen molar-refractivity contribution in [3.63, 3.8) is 0 Å². The summed E-state index contributed by atoms with van der Waals surface area (Å²) in [6.07, 6.45) is 1.45. The molecule has 1 saturated heterocycles. The number of ether oxygens (including phenoxy) is 1. The Bertz CT molecular complexity index is 213. The maximum Gasteiger partial charge on any atom is 0.136 e. The van der Waals surface area contributed by atoms with Crippen molar-refractivity contribution in [2.75, 3.05) is 26.7 Å². The molecule has 1 unspecified atom stereocenters. The molecule has 3 nitrogen and oxygen atoms in total. The maximum absolute atomic E-state index is 11.3. The van der Waals surface area contributed by atoms with Crippen LogP contribution in [0.15, 0.2) is 0 Å². The summed E-state index contributed by atoms with van der Waals surface area (Å²) in [6, 6.07) is 0. The Labute approximate surface area is 86.4 Å². The number of carbonyl (C=O) groups excluding carboxylic acids is 1. The van der Waals surface area contributed by atoms with E-state index >= 15 is 0 Å². The normalized spacial score (nSPS) is 24.1. The first-order chi connectivity index (χ1) is 6.45. The summed E-state index contributed by atoms with van der Waals surface area (Å²) in [7, 11) is 1.75. The Hall–Kier alpha value is -0.410. The summed E-state index contributed by atoms with van der Waals surface area (Å²) in [6.45, 7) is 8.55. The van der Waals surface area contributed by atoms with Gasteiger partial charge in [0.05, 0.1) is 6.10 Å². The maximum atomic E-state index is 11.3. The Balaban J connectivity index is 2.42. The molecule has 0 aromatic heterocycles. The molecular weight excluding hydrogens is 178 g/mol. The van der Waals surface area contributed by atoms with Crippen molar-refractivity contribution < 1.29 is 9.53 Å². The predicted molar refractivity (Wildman–Crippen MR) is 56.3 cm³/mol. The van der Waals surface area contributed by atoms with Crippen LogP contribution >= 0.6 is 0 Å². The quantitative estimate of drug-likeness (QED) is 0.684. The molecule has 0 radical (unpaired) electrons. The smallest absolute Gasteiger partial charge is 0.136 e. The van der Waals surface area contributed by atoms with Gasteiger partial charge in [0.2, 0.25) is 0 Å². The molecule has 0 aromatic rings. The molecule has 0 N–H and O–H groups in total. The van der Waals surface area contributed by atoms with Crippen molar-refractivity contribution in [3.05, 3.63) is 0 Å². The zero-order valence-electron chi connectivity index (χ0n) is 9.67. The average molecular weight is 199 g/mol. The molecule has 0 aromatic carbocycles. The van der Waals surface area contributed by atoms with E-state index in [4.69, 9.17) is 4.74 Å². The molecule has 0 amide bonds. The van der Waals surface area contributed by atoms with E-state index in [1.54, 1.807) is 14.0 Å². The fourth-order valence-corrected chi connectivity index (χ4v) is 1.80. The minimum atomic E-state index is -0.220. The molecule has 1 aliphatic heterocycles. The van der Waals surface area contributed by atoms with Gasteiger partial charge < -0.3 is 4.74 Å². The van der Waals surface area contributed by atoms with Gasteiger partial charge in [-0.2, -0.15) is 0 Å². The van der Waals surface area contributed by atoms with Crippen molar-refractivity contribution in [2.45, 2.75) is 33.3 Å². The summed E-state index contributed by atoms with van der Waals surface area (Å²) in [4.78, 5) is 13.7. The minimum absolute atomic E-state index is 0.220. The van der Waals surface area contributed by atoms with Crippen LogP contribution < -0.4 is 0 Å². The molecule has 0 aliphatic carbocycles. The van der Waals surface area contributed by atoms with E-state index in [9.17, 15) is 4.79 Å². The Kier molecular flexibility index (Phi) is 3.67. The van der Waals surface area contributed by atoms with Gasteiger partial charge >= 0.3 is 0 Å². The molecule has 14 heavy (non-hydrogen) atoms. The zero-order chi connectivity index (χ0) is 10.8. The lowest BCUT2D eigenvalue weighted by Crippen LogP contribution is -2.37. The van der Waals surface area contributed by atoms with E-state index in [0.717, 1.165) is 26.1 Å². The highest BCUT2D eigenvalue weighted by atomic mass is 16.5. The molecule has 1 aliphatic rings. The fraction of sp³-hybridized carbons (Fsp3) is 0.909. The first kappa shape index (κ1) is 11.7. The number of rotatable bonds is 4. The average Bonchev–Trinajstić information content (AvgIpc) is 2.51. The lowest BCUT2D eigenvalue weighted by atomic mass is 9.88. The fourth-order valence-electron chi connectivity index (χ4n) is 1.80. The lowest BCUT2D eigenvalue weighted by Gasteiger charge is -2.27. The molecule has 1 heterocycles. The van der Waals surface area contributed by atoms with Crippen LogP contribution in [0.1, 0.15) is 27.2 Å².